The van der Waals surface area contributed by atoms with Gasteiger partial charge in [-0.05, 0) is 42.0 Å². The summed E-state index contributed by atoms with van der Waals surface area (Å²) in [4.78, 5) is 34.6. The molecule has 1 aliphatic carbocycles. The maximum atomic E-state index is 11.7. The van der Waals surface area contributed by atoms with Gasteiger partial charge in [-0.15, -0.1) is 0 Å². The second-order valence-corrected chi connectivity index (χ2v) is 13.5. The van der Waals surface area contributed by atoms with Gasteiger partial charge in [-0.3, -0.25) is 19.5 Å². The predicted molar refractivity (Wildman–Crippen MR) is 184 cm³/mol. The lowest BCUT2D eigenvalue weighted by Crippen LogP contribution is -2.66. The number of carbonyl (C=O) groups is 2. The maximum absolute atomic E-state index is 11.7. The van der Waals surface area contributed by atoms with Gasteiger partial charge in [0.25, 0.3) is 0 Å². The van der Waals surface area contributed by atoms with E-state index in [-0.39, 0.29) is 24.0 Å². The van der Waals surface area contributed by atoms with Crippen molar-refractivity contribution in [2.75, 3.05) is 33.9 Å². The Balaban J connectivity index is 1.15. The molecule has 3 aromatic carbocycles. The number of likely N-dealkylation sites (tertiary alicyclic amines) is 1. The Hall–Kier alpha value is -4.22. The molecule has 2 aliphatic heterocycles. The number of fused-ring (bicyclic) bond motifs is 1. The lowest BCUT2D eigenvalue weighted by atomic mass is 9.88. The molecule has 48 heavy (non-hydrogen) atoms. The second-order valence-electron chi connectivity index (χ2n) is 12.7. The van der Waals surface area contributed by atoms with Crippen molar-refractivity contribution in [3.05, 3.63) is 81.6 Å². The highest BCUT2D eigenvalue weighted by molar-refractivity contribution is 6.39. The molecule has 1 atom stereocenters. The summed E-state index contributed by atoms with van der Waals surface area (Å²) in [5, 5.41) is 16.4. The molecule has 248 valence electrons. The number of ether oxygens (including phenoxy) is 2. The molecule has 1 spiro atoms. The minimum absolute atomic E-state index is 0.0170. The fourth-order valence-corrected chi connectivity index (χ4v) is 7.92. The number of nitrogens with zero attached hydrogens (tertiary/aromatic N) is 3. The number of amides is 1. The van der Waals surface area contributed by atoms with Gasteiger partial charge < -0.3 is 25.2 Å². The molecule has 3 heterocycles. The number of benzene rings is 3. The first kappa shape index (κ1) is 32.3. The normalized spacial score (nSPS) is 18.0. The average molecular weight is 689 g/mol. The standard InChI is InChI=1S/C36H35Cl2N5O5/c1-47-30-13-21(11-20-12-22(14-27(20)30)39-16-32(45)46)23-5-3-6-24(33(23)37)25-7-4-8-26(34(25)38)28-15-40-29(35(41-28)48-2)17-43-18-36(19-43)10-9-31(44)42-36/h3-8,11,13,15,22,39H,9-10,12,14,16-19H2,1-2H3,(H,42,44)(H,45,46)/t22-/m1/s1. The number of carboxylic acids is 1. The number of aromatic nitrogens is 2. The van der Waals surface area contributed by atoms with Crippen molar-refractivity contribution in [1.29, 1.82) is 0 Å². The van der Waals surface area contributed by atoms with E-state index in [0.29, 0.717) is 53.0 Å². The fraction of sp³-hybridized carbons (Fsp3) is 0.333. The summed E-state index contributed by atoms with van der Waals surface area (Å²) in [7, 11) is 3.22. The van der Waals surface area contributed by atoms with Crippen molar-refractivity contribution in [3.8, 4) is 45.1 Å². The number of aliphatic carboxylic acids is 1. The Morgan fingerprint density at radius 1 is 1.04 bits per heavy atom. The molecule has 3 N–H and O–H groups in total. The largest absolute Gasteiger partial charge is 0.496 e. The third-order valence-electron chi connectivity index (χ3n) is 9.52. The van der Waals surface area contributed by atoms with Crippen molar-refractivity contribution in [1.82, 2.24) is 25.5 Å². The SMILES string of the molecule is COc1cc(-c2cccc(-c3cccc(-c4cnc(CN5CC6(CCC(=O)N6)C5)c(OC)n4)c3Cl)c2Cl)cc2c1C[C@H](NCC(=O)O)C2. The number of hydrogen-bond acceptors (Lipinski definition) is 8. The highest BCUT2D eigenvalue weighted by Gasteiger charge is 2.47. The minimum Gasteiger partial charge on any atom is -0.496 e. The van der Waals surface area contributed by atoms with Crippen LogP contribution in [0.15, 0.2) is 54.7 Å². The van der Waals surface area contributed by atoms with E-state index in [0.717, 1.165) is 64.3 Å². The summed E-state index contributed by atoms with van der Waals surface area (Å²) in [6, 6.07) is 15.7. The van der Waals surface area contributed by atoms with Crippen LogP contribution in [0.4, 0.5) is 0 Å². The molecule has 0 saturated carbocycles. The first-order chi connectivity index (χ1) is 23.2. The van der Waals surface area contributed by atoms with Crippen molar-refractivity contribution in [2.24, 2.45) is 0 Å². The van der Waals surface area contributed by atoms with E-state index in [2.05, 4.69) is 21.6 Å². The van der Waals surface area contributed by atoms with Crippen molar-refractivity contribution >= 4 is 35.1 Å². The van der Waals surface area contributed by atoms with Crippen molar-refractivity contribution in [3.63, 3.8) is 0 Å². The minimum atomic E-state index is -0.884. The van der Waals surface area contributed by atoms with E-state index in [1.165, 1.54) is 0 Å². The number of hydrogen-bond donors (Lipinski definition) is 3. The summed E-state index contributed by atoms with van der Waals surface area (Å²) in [6.07, 6.45) is 4.54. The summed E-state index contributed by atoms with van der Waals surface area (Å²) < 4.78 is 11.4. The van der Waals surface area contributed by atoms with Crippen LogP contribution >= 0.6 is 23.2 Å². The fourth-order valence-electron chi connectivity index (χ4n) is 7.26. The van der Waals surface area contributed by atoms with Crippen molar-refractivity contribution in [2.45, 2.75) is 43.8 Å². The zero-order chi connectivity index (χ0) is 33.6. The zero-order valence-electron chi connectivity index (χ0n) is 26.6. The number of rotatable bonds is 10. The molecule has 0 unspecified atom stereocenters. The van der Waals surface area contributed by atoms with Crippen LogP contribution in [0.2, 0.25) is 10.0 Å². The first-order valence-corrected chi connectivity index (χ1v) is 16.6. The number of methoxy groups -OCH3 is 2. The van der Waals surface area contributed by atoms with Crippen LogP contribution < -0.4 is 20.1 Å². The number of halogens is 2. The summed E-state index contributed by atoms with van der Waals surface area (Å²) >= 11 is 14.2. The van der Waals surface area contributed by atoms with E-state index in [4.69, 9.17) is 47.8 Å². The van der Waals surface area contributed by atoms with Crippen molar-refractivity contribution < 1.29 is 24.2 Å². The number of nitrogens with one attached hydrogen (secondary N) is 2. The van der Waals surface area contributed by atoms with Crippen LogP contribution in [0.3, 0.4) is 0 Å². The topological polar surface area (TPSA) is 126 Å². The molecule has 4 aromatic rings. The molecule has 10 nitrogen and oxygen atoms in total. The van der Waals surface area contributed by atoms with E-state index in [1.807, 2.05) is 42.5 Å². The third kappa shape index (κ3) is 6.09. The molecule has 7 rings (SSSR count). The molecular formula is C36H35Cl2N5O5. The van der Waals surface area contributed by atoms with Crippen LogP contribution in [0.5, 0.6) is 11.6 Å². The smallest absolute Gasteiger partial charge is 0.317 e. The molecule has 12 heteroatoms. The summed E-state index contributed by atoms with van der Waals surface area (Å²) in [6.45, 7) is 2.03. The number of carboxylic acid groups (broad SMARTS) is 1. The van der Waals surface area contributed by atoms with E-state index in [1.54, 1.807) is 20.4 Å². The van der Waals surface area contributed by atoms with Crippen LogP contribution in [-0.2, 0) is 29.0 Å². The van der Waals surface area contributed by atoms with Gasteiger partial charge in [0.1, 0.15) is 11.4 Å². The Labute approximate surface area is 288 Å². The lowest BCUT2D eigenvalue weighted by molar-refractivity contribution is -0.136. The zero-order valence-corrected chi connectivity index (χ0v) is 28.1. The Kier molecular flexibility index (Phi) is 8.76. The number of carbonyl (C=O) groups excluding carboxylic acids is 1. The monoisotopic (exact) mass is 687 g/mol. The molecule has 1 amide bonds. The van der Waals surface area contributed by atoms with Gasteiger partial charge in [0.15, 0.2) is 0 Å². The second kappa shape index (κ2) is 13.0. The van der Waals surface area contributed by atoms with Crippen LogP contribution in [-0.4, -0.2) is 77.3 Å². The van der Waals surface area contributed by atoms with Crippen LogP contribution in [0.25, 0.3) is 33.5 Å². The third-order valence-corrected chi connectivity index (χ3v) is 10.3. The highest BCUT2D eigenvalue weighted by Crippen LogP contribution is 2.44. The van der Waals surface area contributed by atoms with Gasteiger partial charge in [0, 0.05) is 54.4 Å². The van der Waals surface area contributed by atoms with Crippen LogP contribution in [0, 0.1) is 0 Å². The van der Waals surface area contributed by atoms with E-state index < -0.39 is 5.97 Å². The summed E-state index contributed by atoms with van der Waals surface area (Å²) in [5.41, 5.74) is 7.31. The van der Waals surface area contributed by atoms with Gasteiger partial charge >= 0.3 is 5.97 Å². The first-order valence-electron chi connectivity index (χ1n) is 15.8. The Morgan fingerprint density at radius 2 is 1.75 bits per heavy atom. The van der Waals surface area contributed by atoms with Gasteiger partial charge in [0.05, 0.1) is 48.2 Å². The van der Waals surface area contributed by atoms with Gasteiger partial charge in [-0.25, -0.2) is 4.98 Å². The summed E-state index contributed by atoms with van der Waals surface area (Å²) in [5.74, 6) is 0.412. The van der Waals surface area contributed by atoms with E-state index in [9.17, 15) is 9.59 Å². The average Bonchev–Trinajstić information content (AvgIpc) is 3.67. The van der Waals surface area contributed by atoms with Gasteiger partial charge in [-0.2, -0.15) is 0 Å². The van der Waals surface area contributed by atoms with E-state index >= 15 is 0 Å². The predicted octanol–water partition coefficient (Wildman–Crippen LogP) is 5.41. The highest BCUT2D eigenvalue weighted by atomic mass is 35.5. The molecule has 0 radical (unpaired) electrons. The van der Waals surface area contributed by atoms with Crippen LogP contribution in [0.1, 0.15) is 29.7 Å². The molecule has 1 aromatic heterocycles. The Bertz CT molecular complexity index is 1930. The quantitative estimate of drug-likeness (QED) is 0.201. The molecule has 0 bridgehead atoms. The molecular weight excluding hydrogens is 653 g/mol. The maximum Gasteiger partial charge on any atom is 0.317 e. The molecule has 2 fully saturated rings. The lowest BCUT2D eigenvalue weighted by Gasteiger charge is -2.47. The molecule has 3 aliphatic rings. The Morgan fingerprint density at radius 3 is 2.42 bits per heavy atom. The molecule has 2 saturated heterocycles. The van der Waals surface area contributed by atoms with Gasteiger partial charge in [-0.1, -0.05) is 65.7 Å². The van der Waals surface area contributed by atoms with Gasteiger partial charge in [0.2, 0.25) is 11.8 Å².